The molecule has 0 saturated heterocycles. The van der Waals surface area contributed by atoms with E-state index in [1.165, 1.54) is 25.1 Å². The summed E-state index contributed by atoms with van der Waals surface area (Å²) >= 11 is 3.31. The summed E-state index contributed by atoms with van der Waals surface area (Å²) in [4.78, 5) is 33.7. The van der Waals surface area contributed by atoms with Crippen LogP contribution in [0.15, 0.2) is 53.0 Å². The van der Waals surface area contributed by atoms with Crippen molar-refractivity contribution in [3.05, 3.63) is 74.5 Å². The topological polar surface area (TPSA) is 98.5 Å². The van der Waals surface area contributed by atoms with E-state index in [9.17, 15) is 24.1 Å². The lowest BCUT2D eigenvalue weighted by Crippen LogP contribution is -2.29. The first kappa shape index (κ1) is 20.2. The molecule has 0 aliphatic rings. The average molecular weight is 437 g/mol. The van der Waals surface area contributed by atoms with Crippen LogP contribution in [0.3, 0.4) is 0 Å². The van der Waals surface area contributed by atoms with Gasteiger partial charge in [-0.1, -0.05) is 28.1 Å². The third kappa shape index (κ3) is 6.00. The summed E-state index contributed by atoms with van der Waals surface area (Å²) in [7, 11) is 0. The maximum absolute atomic E-state index is 13.3. The molecule has 2 aromatic carbocycles. The van der Waals surface area contributed by atoms with Crippen molar-refractivity contribution in [2.75, 3.05) is 5.32 Å². The van der Waals surface area contributed by atoms with Gasteiger partial charge in [-0.25, -0.2) is 4.79 Å². The van der Waals surface area contributed by atoms with Crippen LogP contribution in [0.25, 0.3) is 6.08 Å². The highest BCUT2D eigenvalue weighted by Crippen LogP contribution is 2.21. The third-order valence-corrected chi connectivity index (χ3v) is 3.83. The molecular formula is C18H14BrFN2O5. The minimum atomic E-state index is -1.16. The highest BCUT2D eigenvalue weighted by Gasteiger charge is 2.19. The molecule has 0 aliphatic carbocycles. The molecule has 0 heterocycles. The van der Waals surface area contributed by atoms with Gasteiger partial charge in [-0.05, 0) is 42.8 Å². The van der Waals surface area contributed by atoms with Crippen molar-refractivity contribution in [2.45, 2.75) is 13.0 Å². The Balaban J connectivity index is 1.96. The van der Waals surface area contributed by atoms with E-state index in [0.717, 1.165) is 22.2 Å². The van der Waals surface area contributed by atoms with Crippen molar-refractivity contribution < 1.29 is 23.6 Å². The van der Waals surface area contributed by atoms with Crippen molar-refractivity contribution in [3.8, 4) is 0 Å². The molecule has 1 amide bonds. The lowest BCUT2D eigenvalue weighted by atomic mass is 10.2. The first-order valence-corrected chi connectivity index (χ1v) is 8.44. The number of hydrogen-bond donors (Lipinski definition) is 1. The normalized spacial score (nSPS) is 11.8. The molecule has 0 fully saturated rings. The highest BCUT2D eigenvalue weighted by molar-refractivity contribution is 9.10. The Morgan fingerprint density at radius 2 is 2.04 bits per heavy atom. The Hall–Kier alpha value is -3.07. The first-order valence-electron chi connectivity index (χ1n) is 7.65. The molecule has 1 unspecified atom stereocenters. The number of nitrogens with zero attached hydrogens (tertiary/aromatic N) is 1. The maximum atomic E-state index is 13.3. The fraction of sp³-hybridized carbons (Fsp3) is 0.111. The van der Waals surface area contributed by atoms with E-state index in [4.69, 9.17) is 4.74 Å². The van der Waals surface area contributed by atoms with Gasteiger partial charge < -0.3 is 10.1 Å². The van der Waals surface area contributed by atoms with Gasteiger partial charge >= 0.3 is 11.7 Å². The van der Waals surface area contributed by atoms with Crippen LogP contribution in [0.4, 0.5) is 15.8 Å². The third-order valence-electron chi connectivity index (χ3n) is 3.33. The van der Waals surface area contributed by atoms with Crippen molar-refractivity contribution >= 4 is 45.3 Å². The molecule has 1 N–H and O–H groups in total. The Morgan fingerprint density at radius 3 is 2.70 bits per heavy atom. The van der Waals surface area contributed by atoms with E-state index in [0.29, 0.717) is 0 Å². The molecule has 0 bridgehead atoms. The summed E-state index contributed by atoms with van der Waals surface area (Å²) in [6, 6.07) is 10.1. The number of halogens is 2. The quantitative estimate of drug-likeness (QED) is 0.318. The molecule has 2 aromatic rings. The summed E-state index contributed by atoms with van der Waals surface area (Å²) in [5, 5.41) is 13.1. The molecule has 0 spiro atoms. The van der Waals surface area contributed by atoms with E-state index in [1.807, 2.05) is 6.07 Å². The molecule has 2 rings (SSSR count). The van der Waals surface area contributed by atoms with Crippen molar-refractivity contribution in [3.63, 3.8) is 0 Å². The number of carbonyl (C=O) groups excluding carboxylic acids is 2. The van der Waals surface area contributed by atoms with Gasteiger partial charge in [0.1, 0.15) is 0 Å². The number of amides is 1. The summed E-state index contributed by atoms with van der Waals surface area (Å²) in [6.07, 6.45) is 1.55. The van der Waals surface area contributed by atoms with Gasteiger partial charge in [0.2, 0.25) is 5.82 Å². The Labute approximate surface area is 162 Å². The van der Waals surface area contributed by atoms with Gasteiger partial charge in [-0.15, -0.1) is 0 Å². The summed E-state index contributed by atoms with van der Waals surface area (Å²) < 4.78 is 19.1. The number of anilines is 1. The number of nitrogens with one attached hydrogen (secondary N) is 1. The minimum absolute atomic E-state index is 0.0145. The summed E-state index contributed by atoms with van der Waals surface area (Å²) in [5.74, 6) is -2.46. The fourth-order valence-corrected chi connectivity index (χ4v) is 2.43. The molecule has 0 saturated carbocycles. The predicted octanol–water partition coefficient (Wildman–Crippen LogP) is 4.08. The van der Waals surface area contributed by atoms with E-state index < -0.39 is 34.4 Å². The number of carbonyl (C=O) groups is 2. The monoisotopic (exact) mass is 436 g/mol. The smallest absolute Gasteiger partial charge is 0.331 e. The van der Waals surface area contributed by atoms with Gasteiger partial charge in [0.05, 0.1) is 4.92 Å². The van der Waals surface area contributed by atoms with Crippen LogP contribution in [0.5, 0.6) is 0 Å². The second-order valence-electron chi connectivity index (χ2n) is 5.38. The largest absolute Gasteiger partial charge is 0.449 e. The second-order valence-corrected chi connectivity index (χ2v) is 6.30. The zero-order valence-corrected chi connectivity index (χ0v) is 15.6. The minimum Gasteiger partial charge on any atom is -0.449 e. The number of nitro benzene ring substituents is 1. The van der Waals surface area contributed by atoms with Crippen molar-refractivity contribution in [1.82, 2.24) is 0 Å². The van der Waals surface area contributed by atoms with Crippen LogP contribution >= 0.6 is 15.9 Å². The zero-order valence-electron chi connectivity index (χ0n) is 14.0. The molecule has 0 aromatic heterocycles. The molecular weight excluding hydrogens is 423 g/mol. The number of hydrogen-bond acceptors (Lipinski definition) is 5. The zero-order chi connectivity index (χ0) is 20.0. The number of esters is 1. The lowest BCUT2D eigenvalue weighted by Gasteiger charge is -2.12. The summed E-state index contributed by atoms with van der Waals surface area (Å²) in [5.41, 5.74) is 0.00660. The predicted molar refractivity (Wildman–Crippen MR) is 100 cm³/mol. The number of ether oxygens (including phenoxy) is 1. The van der Waals surface area contributed by atoms with Crippen LogP contribution in [-0.2, 0) is 14.3 Å². The molecule has 27 heavy (non-hydrogen) atoms. The first-order chi connectivity index (χ1) is 12.8. The van der Waals surface area contributed by atoms with Gasteiger partial charge in [-0.3, -0.25) is 14.9 Å². The van der Waals surface area contributed by atoms with E-state index in [-0.39, 0.29) is 5.69 Å². The Morgan fingerprint density at radius 1 is 1.30 bits per heavy atom. The molecule has 0 radical (unpaired) electrons. The SMILES string of the molecule is CC(OC(=O)/C=C/c1cccc(Br)c1)C(=O)Nc1ccc(F)c([N+](=O)[O-])c1. The Bertz CT molecular complexity index is 916. The number of benzene rings is 2. The van der Waals surface area contributed by atoms with Gasteiger partial charge in [0.15, 0.2) is 6.10 Å². The van der Waals surface area contributed by atoms with Crippen LogP contribution in [0.1, 0.15) is 12.5 Å². The number of nitro groups is 1. The molecule has 0 aliphatic heterocycles. The summed E-state index contributed by atoms with van der Waals surface area (Å²) in [6.45, 7) is 1.35. The molecule has 9 heteroatoms. The van der Waals surface area contributed by atoms with E-state index in [1.54, 1.807) is 18.2 Å². The maximum Gasteiger partial charge on any atom is 0.331 e. The molecule has 7 nitrogen and oxygen atoms in total. The van der Waals surface area contributed by atoms with Crippen molar-refractivity contribution in [1.29, 1.82) is 0 Å². The molecule has 140 valence electrons. The molecule has 1 atom stereocenters. The van der Waals surface area contributed by atoms with E-state index in [2.05, 4.69) is 21.2 Å². The fourth-order valence-electron chi connectivity index (χ4n) is 2.02. The van der Waals surface area contributed by atoms with Crippen molar-refractivity contribution in [2.24, 2.45) is 0 Å². The lowest BCUT2D eigenvalue weighted by molar-refractivity contribution is -0.387. The second kappa shape index (κ2) is 9.04. The van der Waals surface area contributed by atoms with Gasteiger partial charge in [-0.2, -0.15) is 4.39 Å². The average Bonchev–Trinajstić information content (AvgIpc) is 2.61. The standard InChI is InChI=1S/C18H14BrFN2O5/c1-11(27-17(23)8-5-12-3-2-4-13(19)9-12)18(24)21-14-6-7-15(20)16(10-14)22(25)26/h2-11H,1H3,(H,21,24)/b8-5+. The van der Waals surface area contributed by atoms with Crippen LogP contribution in [-0.4, -0.2) is 22.9 Å². The van der Waals surface area contributed by atoms with Crippen LogP contribution < -0.4 is 5.32 Å². The van der Waals surface area contributed by atoms with Gasteiger partial charge in [0.25, 0.3) is 5.91 Å². The Kier molecular flexibility index (Phi) is 6.78. The van der Waals surface area contributed by atoms with Gasteiger partial charge in [0, 0.05) is 22.3 Å². The van der Waals surface area contributed by atoms with Crippen LogP contribution in [0.2, 0.25) is 0 Å². The highest BCUT2D eigenvalue weighted by atomic mass is 79.9. The number of rotatable bonds is 6. The van der Waals surface area contributed by atoms with Crippen LogP contribution in [0, 0.1) is 15.9 Å². The van der Waals surface area contributed by atoms with E-state index >= 15 is 0 Å².